The van der Waals surface area contributed by atoms with Gasteiger partial charge in [0.1, 0.15) is 11.8 Å². The van der Waals surface area contributed by atoms with E-state index in [4.69, 9.17) is 23.2 Å². The first kappa shape index (κ1) is 46.3. The maximum Gasteiger partial charge on any atom is 0.239 e. The van der Waals surface area contributed by atoms with E-state index in [-0.39, 0.29) is 130 Å². The van der Waals surface area contributed by atoms with Gasteiger partial charge in [-0.1, -0.05) is 77.2 Å². The van der Waals surface area contributed by atoms with Crippen molar-refractivity contribution in [2.24, 2.45) is 0 Å². The van der Waals surface area contributed by atoms with Gasteiger partial charge in [0.05, 0.1) is 58.1 Å². The number of likely N-dealkylation sites (N-methyl/N-ethyl adjacent to an activating group) is 2. The van der Waals surface area contributed by atoms with Crippen molar-refractivity contribution in [1.29, 1.82) is 0 Å². The molecule has 0 spiro atoms. The highest BCUT2D eigenvalue weighted by atomic mass is 35.5. The summed E-state index contributed by atoms with van der Waals surface area (Å²) < 4.78 is 0. The van der Waals surface area contributed by atoms with Crippen LogP contribution in [0.25, 0.3) is 0 Å². The Hall–Kier alpha value is -6.06. The molecule has 0 saturated heterocycles. The number of alkyl halides is 2. The summed E-state index contributed by atoms with van der Waals surface area (Å²) in [7, 11) is 0. The van der Waals surface area contributed by atoms with E-state index in [1.165, 1.54) is 24.3 Å². The van der Waals surface area contributed by atoms with Crippen LogP contribution in [0.15, 0.2) is 72.8 Å². The van der Waals surface area contributed by atoms with Crippen molar-refractivity contribution in [3.8, 4) is 0 Å². The molecule has 0 saturated carbocycles. The first-order chi connectivity index (χ1) is 26.9. The molecule has 6 rings (SSSR count). The Balaban J connectivity index is 0.000000303. The van der Waals surface area contributed by atoms with Crippen molar-refractivity contribution in [1.82, 2.24) is 10.6 Å². The first-order valence-electron chi connectivity index (χ1n) is 17.4. The van der Waals surface area contributed by atoms with Crippen LogP contribution in [-0.2, 0) is 19.2 Å². The lowest BCUT2D eigenvalue weighted by molar-refractivity contribution is -0.116. The van der Waals surface area contributed by atoms with E-state index in [1.54, 1.807) is 48.5 Å². The number of benzene rings is 4. The van der Waals surface area contributed by atoms with Gasteiger partial charge in [-0.05, 0) is 37.4 Å². The Morgan fingerprint density at radius 2 is 0.690 bits per heavy atom. The summed E-state index contributed by atoms with van der Waals surface area (Å²) in [5.41, 5.74) is 2.13. The first-order valence-corrected chi connectivity index (χ1v) is 18.5. The van der Waals surface area contributed by atoms with Crippen LogP contribution >= 0.6 is 23.2 Å². The highest BCUT2D eigenvalue weighted by Crippen LogP contribution is 2.37. The molecule has 2 aliphatic rings. The lowest BCUT2D eigenvalue weighted by Gasteiger charge is -2.22. The summed E-state index contributed by atoms with van der Waals surface area (Å²) >= 11 is 11.0. The SMILES string of the molecule is C.C.CCNCC(=O)Nc1cccc2c1C(=O)c1c(NC(=O)CNCC)cccc1C2=O.O=C(CCl)Nc1cccc2c1C(=O)c1c(NC(=O)CCl)cccc1C2=O. The van der Waals surface area contributed by atoms with E-state index in [0.29, 0.717) is 13.1 Å². The van der Waals surface area contributed by atoms with Crippen LogP contribution in [0.2, 0.25) is 0 Å². The summed E-state index contributed by atoms with van der Waals surface area (Å²) in [5.74, 6) is -3.83. The van der Waals surface area contributed by atoms with Gasteiger partial charge in [0.2, 0.25) is 23.6 Å². The molecule has 0 bridgehead atoms. The number of halogens is 2. The molecule has 0 unspecified atom stereocenters. The maximum atomic E-state index is 13.4. The molecule has 0 atom stereocenters. The lowest BCUT2D eigenvalue weighted by atomic mass is 9.82. The summed E-state index contributed by atoms with van der Waals surface area (Å²) in [6.45, 7) is 5.18. The molecule has 0 aromatic heterocycles. The standard InChI is InChI=1S/C22H24N4O4.C18H12Cl2N2O4.2CH4/c1-3-23-11-17(27)25-15-9-5-7-13-19(15)22(30)20-14(21(13)29)8-6-10-16(20)26-18(28)12-24-4-2;19-7-13(23)21-11-5-1-3-9-15(11)18(26)16-10(17(9)25)4-2-6-12(16)22-14(24)8-20;;/h5-10,23-24H,3-4,11-12H2,1-2H3,(H,25,27)(H,26,28);1-6H,7-8H2,(H,21,23)(H,22,24);2*1H4. The van der Waals surface area contributed by atoms with Gasteiger partial charge in [-0.25, -0.2) is 0 Å². The zero-order valence-electron chi connectivity index (χ0n) is 30.2. The minimum absolute atomic E-state index is 0. The van der Waals surface area contributed by atoms with Crippen LogP contribution < -0.4 is 31.9 Å². The molecule has 304 valence electrons. The summed E-state index contributed by atoms with van der Waals surface area (Å²) in [5, 5.41) is 16.3. The Morgan fingerprint density at radius 3 is 0.931 bits per heavy atom. The highest BCUT2D eigenvalue weighted by Gasteiger charge is 2.35. The van der Waals surface area contributed by atoms with Crippen molar-refractivity contribution in [2.45, 2.75) is 28.7 Å². The van der Waals surface area contributed by atoms with E-state index in [2.05, 4.69) is 31.9 Å². The molecule has 2 aliphatic carbocycles. The normalized spacial score (nSPS) is 11.8. The van der Waals surface area contributed by atoms with Gasteiger partial charge in [0.15, 0.2) is 23.1 Å². The van der Waals surface area contributed by atoms with Gasteiger partial charge in [0, 0.05) is 22.3 Å². The van der Waals surface area contributed by atoms with Crippen LogP contribution in [0.1, 0.15) is 92.4 Å². The molecule has 16 heteroatoms. The molecule has 0 radical (unpaired) electrons. The summed E-state index contributed by atoms with van der Waals surface area (Å²) in [6, 6.07) is 18.7. The number of carbonyl (C=O) groups excluding carboxylic acids is 8. The van der Waals surface area contributed by atoms with E-state index >= 15 is 0 Å². The van der Waals surface area contributed by atoms with E-state index in [9.17, 15) is 38.4 Å². The Labute approximate surface area is 345 Å². The third-order valence-corrected chi connectivity index (χ3v) is 9.04. The van der Waals surface area contributed by atoms with Gasteiger partial charge < -0.3 is 31.9 Å². The maximum absolute atomic E-state index is 13.4. The second kappa shape index (κ2) is 20.9. The van der Waals surface area contributed by atoms with Crippen LogP contribution in [-0.4, -0.2) is 84.7 Å². The second-order valence-electron chi connectivity index (χ2n) is 12.2. The molecule has 0 aliphatic heterocycles. The predicted octanol–water partition coefficient (Wildman–Crippen LogP) is 5.65. The average molecular weight is 832 g/mol. The number of carbonyl (C=O) groups is 8. The number of ketones is 4. The smallest absolute Gasteiger partial charge is 0.239 e. The minimum atomic E-state index is -0.505. The molecule has 4 amide bonds. The molecule has 0 heterocycles. The van der Waals surface area contributed by atoms with Gasteiger partial charge in [-0.3, -0.25) is 38.4 Å². The zero-order chi connectivity index (χ0) is 40.5. The molecule has 4 aromatic rings. The van der Waals surface area contributed by atoms with Crippen LogP contribution in [0.4, 0.5) is 22.7 Å². The average Bonchev–Trinajstić information content (AvgIpc) is 3.20. The fraction of sp³-hybridized carbons (Fsp3) is 0.238. The summed E-state index contributed by atoms with van der Waals surface area (Å²) in [6.07, 6.45) is 0. The number of nitrogens with one attached hydrogen (secondary N) is 6. The van der Waals surface area contributed by atoms with Gasteiger partial charge >= 0.3 is 0 Å². The number of anilines is 4. The van der Waals surface area contributed by atoms with Crippen molar-refractivity contribution in [3.63, 3.8) is 0 Å². The number of rotatable bonds is 12. The van der Waals surface area contributed by atoms with E-state index in [0.717, 1.165) is 0 Å². The molecule has 4 aromatic carbocycles. The predicted molar refractivity (Wildman–Crippen MR) is 226 cm³/mol. The third-order valence-electron chi connectivity index (χ3n) is 8.55. The van der Waals surface area contributed by atoms with Crippen molar-refractivity contribution < 1.29 is 38.4 Å². The highest BCUT2D eigenvalue weighted by molar-refractivity contribution is 6.35. The molecule has 58 heavy (non-hydrogen) atoms. The molecule has 14 nitrogen and oxygen atoms in total. The van der Waals surface area contributed by atoms with Crippen LogP contribution in [0, 0.1) is 0 Å². The Morgan fingerprint density at radius 1 is 0.431 bits per heavy atom. The van der Waals surface area contributed by atoms with Gasteiger partial charge in [-0.2, -0.15) is 0 Å². The molecule has 0 fully saturated rings. The Bertz CT molecular complexity index is 2140. The number of amides is 4. The largest absolute Gasteiger partial charge is 0.324 e. The topological polar surface area (TPSA) is 209 Å². The lowest BCUT2D eigenvalue weighted by Crippen LogP contribution is -2.31. The van der Waals surface area contributed by atoms with Gasteiger partial charge in [-0.15, -0.1) is 23.2 Å². The molecular weight excluding hydrogens is 787 g/mol. The Kier molecular flexibility index (Phi) is 16.7. The molecule has 6 N–H and O–H groups in total. The minimum Gasteiger partial charge on any atom is -0.324 e. The molecular formula is C42H44Cl2N6O8. The van der Waals surface area contributed by atoms with E-state index < -0.39 is 23.4 Å². The quantitative estimate of drug-likeness (QED) is 0.0836. The van der Waals surface area contributed by atoms with Crippen molar-refractivity contribution >= 4 is 92.7 Å². The number of hydrogen-bond donors (Lipinski definition) is 6. The van der Waals surface area contributed by atoms with E-state index in [1.807, 2.05) is 13.8 Å². The number of hydrogen-bond acceptors (Lipinski definition) is 10. The number of fused-ring (bicyclic) bond motifs is 4. The third kappa shape index (κ3) is 9.90. The second-order valence-corrected chi connectivity index (χ2v) is 12.8. The fourth-order valence-electron chi connectivity index (χ4n) is 6.13. The van der Waals surface area contributed by atoms with Crippen LogP contribution in [0.5, 0.6) is 0 Å². The van der Waals surface area contributed by atoms with Crippen molar-refractivity contribution in [2.75, 3.05) is 59.2 Å². The fourth-order valence-corrected chi connectivity index (χ4v) is 6.27. The van der Waals surface area contributed by atoms with Crippen molar-refractivity contribution in [3.05, 3.63) is 117 Å². The van der Waals surface area contributed by atoms with Gasteiger partial charge in [0.25, 0.3) is 0 Å². The monoisotopic (exact) mass is 830 g/mol. The van der Waals surface area contributed by atoms with Crippen LogP contribution in [0.3, 0.4) is 0 Å². The zero-order valence-corrected chi connectivity index (χ0v) is 31.7. The summed E-state index contributed by atoms with van der Waals surface area (Å²) in [4.78, 5) is 100.